The minimum atomic E-state index is -0.639. The Morgan fingerprint density at radius 2 is 1.67 bits per heavy atom. The van der Waals surface area contributed by atoms with Crippen LogP contribution in [0, 0.1) is 11.7 Å². The topological polar surface area (TPSA) is 51.2 Å². The van der Waals surface area contributed by atoms with Crippen LogP contribution in [0.25, 0.3) is 0 Å². The lowest BCUT2D eigenvalue weighted by Crippen LogP contribution is -2.13. The van der Waals surface area contributed by atoms with Gasteiger partial charge in [0, 0.05) is 18.4 Å². The summed E-state index contributed by atoms with van der Waals surface area (Å²) in [4.78, 5) is 32.8. The molecule has 1 aliphatic carbocycles. The van der Waals surface area contributed by atoms with Crippen molar-refractivity contribution >= 4 is 17.3 Å². The van der Waals surface area contributed by atoms with E-state index in [4.69, 9.17) is 0 Å². The maximum absolute atomic E-state index is 13.1. The van der Waals surface area contributed by atoms with Crippen LogP contribution in [0.4, 0.5) is 4.39 Å². The van der Waals surface area contributed by atoms with Gasteiger partial charge in [0.2, 0.25) is 0 Å². The number of ketones is 3. The number of Topliss-reactive ketones (excluding diaryl/α,β-unsaturated/α-hetero) is 3. The second-order valence-corrected chi connectivity index (χ2v) is 6.30. The summed E-state index contributed by atoms with van der Waals surface area (Å²) in [6.07, 6.45) is 3.65. The van der Waals surface area contributed by atoms with E-state index in [0.717, 1.165) is 18.4 Å². The lowest BCUT2D eigenvalue weighted by atomic mass is 9.86. The predicted octanol–water partition coefficient (Wildman–Crippen LogP) is 6.61. The molecule has 0 N–H and O–H groups in total. The molecule has 0 radical (unpaired) electrons. The van der Waals surface area contributed by atoms with E-state index in [2.05, 4.69) is 27.4 Å². The van der Waals surface area contributed by atoms with Crippen molar-refractivity contribution in [1.29, 1.82) is 0 Å². The van der Waals surface area contributed by atoms with Crippen LogP contribution in [0.15, 0.2) is 30.4 Å². The Balaban J connectivity index is 0. The summed E-state index contributed by atoms with van der Waals surface area (Å²) in [7, 11) is 0. The van der Waals surface area contributed by atoms with Gasteiger partial charge in [-0.1, -0.05) is 65.3 Å². The molecule has 3 nitrogen and oxygen atoms in total. The molecule has 1 unspecified atom stereocenters. The van der Waals surface area contributed by atoms with Gasteiger partial charge >= 0.3 is 0 Å². The fourth-order valence-electron chi connectivity index (χ4n) is 2.27. The van der Waals surface area contributed by atoms with Crippen molar-refractivity contribution in [1.82, 2.24) is 0 Å². The summed E-state index contributed by atoms with van der Waals surface area (Å²) in [5, 5.41) is 0. The summed E-state index contributed by atoms with van der Waals surface area (Å²) in [5.41, 5.74) is 1.15. The number of allylic oxidation sites excluding steroid dienone is 1. The van der Waals surface area contributed by atoms with E-state index in [-0.39, 0.29) is 16.9 Å². The minimum Gasteiger partial charge on any atom is -0.299 e. The SMILES string of the molecule is C=C1CC(=O)CCC1C.CC.CC(=O)c1cccc(F)c1C(C)=O.CCC. The third kappa shape index (κ3) is 10.6. The zero-order valence-corrected chi connectivity index (χ0v) is 17.9. The Bertz CT molecular complexity index is 633. The van der Waals surface area contributed by atoms with E-state index in [1.165, 1.54) is 38.5 Å². The summed E-state index contributed by atoms with van der Waals surface area (Å²) in [5.74, 6) is -0.436. The quantitative estimate of drug-likeness (QED) is 0.430. The highest BCUT2D eigenvalue weighted by Crippen LogP contribution is 2.24. The van der Waals surface area contributed by atoms with Crippen molar-refractivity contribution in [3.8, 4) is 0 Å². The van der Waals surface area contributed by atoms with Crippen LogP contribution in [0.2, 0.25) is 0 Å². The molecule has 0 aromatic heterocycles. The van der Waals surface area contributed by atoms with E-state index in [0.29, 0.717) is 18.1 Å². The van der Waals surface area contributed by atoms with Crippen LogP contribution in [0.3, 0.4) is 0 Å². The van der Waals surface area contributed by atoms with Crippen molar-refractivity contribution in [2.75, 3.05) is 0 Å². The van der Waals surface area contributed by atoms with Crippen LogP contribution in [0.1, 0.15) is 94.9 Å². The monoisotopic (exact) mass is 378 g/mol. The first-order valence-electron chi connectivity index (χ1n) is 9.65. The van der Waals surface area contributed by atoms with Crippen LogP contribution in [-0.4, -0.2) is 17.3 Å². The molecule has 0 aliphatic heterocycles. The lowest BCUT2D eigenvalue weighted by molar-refractivity contribution is -0.119. The third-order valence-electron chi connectivity index (χ3n) is 3.72. The molecule has 0 spiro atoms. The van der Waals surface area contributed by atoms with Gasteiger partial charge in [0.15, 0.2) is 11.6 Å². The molecule has 152 valence electrons. The van der Waals surface area contributed by atoms with Gasteiger partial charge < -0.3 is 0 Å². The van der Waals surface area contributed by atoms with Gasteiger partial charge in [-0.25, -0.2) is 4.39 Å². The molecule has 0 heterocycles. The summed E-state index contributed by atoms with van der Waals surface area (Å²) in [6, 6.07) is 4.03. The van der Waals surface area contributed by atoms with E-state index >= 15 is 0 Å². The minimum absolute atomic E-state index is 0.116. The Labute approximate surface area is 164 Å². The largest absolute Gasteiger partial charge is 0.299 e. The summed E-state index contributed by atoms with van der Waals surface area (Å²) in [6.45, 7) is 16.8. The highest BCUT2D eigenvalue weighted by atomic mass is 19.1. The average molecular weight is 379 g/mol. The summed E-state index contributed by atoms with van der Waals surface area (Å²) >= 11 is 0. The Kier molecular flexibility index (Phi) is 15.1. The van der Waals surface area contributed by atoms with Gasteiger partial charge in [-0.3, -0.25) is 14.4 Å². The first kappa shape index (κ1) is 27.1. The standard InChI is InChI=1S/C10H9FO2.C8H12O.C3H8.C2H6/c1-6(12)8-4-3-5-9(11)10(8)7(2)13;1-6-3-4-8(9)5-7(6)2;1-3-2;1-2/h3-5H,1-2H3;6H,2-5H2,1H3;3H2,1-2H3;1-2H3. The molecule has 2 rings (SSSR count). The van der Waals surface area contributed by atoms with Crippen LogP contribution >= 0.6 is 0 Å². The molecule has 1 atom stereocenters. The van der Waals surface area contributed by atoms with Crippen molar-refractivity contribution in [3.05, 3.63) is 47.3 Å². The molecule has 1 aliphatic rings. The first-order chi connectivity index (χ1) is 12.6. The highest BCUT2D eigenvalue weighted by Gasteiger charge is 2.17. The molecule has 27 heavy (non-hydrogen) atoms. The smallest absolute Gasteiger partial charge is 0.163 e. The van der Waals surface area contributed by atoms with E-state index in [1.54, 1.807) is 0 Å². The first-order valence-corrected chi connectivity index (χ1v) is 9.65. The van der Waals surface area contributed by atoms with Crippen LogP contribution in [0.5, 0.6) is 0 Å². The van der Waals surface area contributed by atoms with Crippen molar-refractivity contribution in [3.63, 3.8) is 0 Å². The number of benzene rings is 1. The second-order valence-electron chi connectivity index (χ2n) is 6.30. The van der Waals surface area contributed by atoms with E-state index in [1.807, 2.05) is 13.8 Å². The van der Waals surface area contributed by atoms with Crippen molar-refractivity contribution in [2.24, 2.45) is 5.92 Å². The van der Waals surface area contributed by atoms with Gasteiger partial charge in [-0.2, -0.15) is 0 Å². The Morgan fingerprint density at radius 1 is 1.15 bits per heavy atom. The van der Waals surface area contributed by atoms with Crippen molar-refractivity contribution in [2.45, 2.75) is 74.1 Å². The Hall–Kier alpha value is -2.10. The van der Waals surface area contributed by atoms with Gasteiger partial charge in [0.25, 0.3) is 0 Å². The summed E-state index contributed by atoms with van der Waals surface area (Å²) < 4.78 is 13.1. The number of rotatable bonds is 2. The molecule has 1 saturated carbocycles. The zero-order chi connectivity index (χ0) is 21.6. The van der Waals surface area contributed by atoms with Gasteiger partial charge in [0.05, 0.1) is 5.56 Å². The zero-order valence-electron chi connectivity index (χ0n) is 17.9. The number of carbonyl (C=O) groups is 3. The van der Waals surface area contributed by atoms with E-state index < -0.39 is 11.6 Å². The fraction of sp³-hybridized carbons (Fsp3) is 0.522. The maximum Gasteiger partial charge on any atom is 0.163 e. The molecule has 1 aromatic rings. The van der Waals surface area contributed by atoms with Gasteiger partial charge in [0.1, 0.15) is 11.6 Å². The van der Waals surface area contributed by atoms with Gasteiger partial charge in [-0.15, -0.1) is 0 Å². The maximum atomic E-state index is 13.1. The number of hydrogen-bond donors (Lipinski definition) is 0. The van der Waals surface area contributed by atoms with Crippen LogP contribution < -0.4 is 0 Å². The van der Waals surface area contributed by atoms with Crippen LogP contribution in [-0.2, 0) is 4.79 Å². The molecule has 0 bridgehead atoms. The molecular weight excluding hydrogens is 343 g/mol. The van der Waals surface area contributed by atoms with Gasteiger partial charge in [-0.05, 0) is 32.3 Å². The molecule has 0 saturated heterocycles. The fourth-order valence-corrected chi connectivity index (χ4v) is 2.27. The molecule has 1 fully saturated rings. The predicted molar refractivity (Wildman–Crippen MR) is 111 cm³/mol. The molecule has 4 heteroatoms. The van der Waals surface area contributed by atoms with Crippen molar-refractivity contribution < 1.29 is 18.8 Å². The highest BCUT2D eigenvalue weighted by molar-refractivity contribution is 6.07. The lowest BCUT2D eigenvalue weighted by Gasteiger charge is -2.18. The number of carbonyl (C=O) groups excluding carboxylic acids is 3. The Morgan fingerprint density at radius 3 is 2.00 bits per heavy atom. The molecular formula is C23H35FO3. The molecule has 0 amide bonds. The second kappa shape index (κ2) is 15.0. The number of hydrogen-bond acceptors (Lipinski definition) is 3. The molecule has 1 aromatic carbocycles. The number of halogens is 1. The normalized spacial score (nSPS) is 15.2. The average Bonchev–Trinajstić information content (AvgIpc) is 2.61. The van der Waals surface area contributed by atoms with E-state index in [9.17, 15) is 18.8 Å². The third-order valence-corrected chi connectivity index (χ3v) is 3.72.